The van der Waals surface area contributed by atoms with Gasteiger partial charge in [-0.05, 0) is 44.9 Å². The van der Waals surface area contributed by atoms with Crippen LogP contribution in [0.4, 0.5) is 0 Å². The number of nitrogens with one attached hydrogen (secondary N) is 3. The number of unbranched alkanes of at least 4 members (excludes halogenated alkanes) is 2. The average molecular weight is 411 g/mol. The van der Waals surface area contributed by atoms with Crippen LogP contribution in [0.25, 0.3) is 0 Å². The largest absolute Gasteiger partial charge is 0.480 e. The number of allylic oxidation sites excluding steroid dienone is 1. The number of carboxylic acid groups (broad SMARTS) is 1. The molecule has 0 aromatic heterocycles. The number of hydrogen-bond donors (Lipinski definition) is 4. The number of hydrazine groups is 1. The second-order valence-electron chi connectivity index (χ2n) is 7.71. The molecule has 1 saturated heterocycles. The van der Waals surface area contributed by atoms with Gasteiger partial charge in [0.2, 0.25) is 11.8 Å². The Hall–Kier alpha value is -2.42. The van der Waals surface area contributed by atoms with Gasteiger partial charge in [0.1, 0.15) is 18.1 Å². The molecule has 9 nitrogen and oxygen atoms in total. The first-order valence-electron chi connectivity index (χ1n) is 10.2. The maximum Gasteiger partial charge on any atom is 0.322 e. The van der Waals surface area contributed by atoms with Gasteiger partial charge >= 0.3 is 5.97 Å². The number of hydrogen-bond acceptors (Lipinski definition) is 5. The second kappa shape index (κ2) is 12.2. The third kappa shape index (κ3) is 8.23. The zero-order valence-corrected chi connectivity index (χ0v) is 17.6. The van der Waals surface area contributed by atoms with Gasteiger partial charge in [-0.3, -0.25) is 24.2 Å². The molecule has 3 amide bonds. The first kappa shape index (κ1) is 24.6. The molecule has 0 bridgehead atoms. The summed E-state index contributed by atoms with van der Waals surface area (Å²) in [6, 6.07) is -2.43. The van der Waals surface area contributed by atoms with Crippen LogP contribution in [0.15, 0.2) is 12.7 Å². The Morgan fingerprint density at radius 2 is 1.90 bits per heavy atom. The Kier molecular flexibility index (Phi) is 10.4. The summed E-state index contributed by atoms with van der Waals surface area (Å²) in [6.45, 7) is 9.19. The van der Waals surface area contributed by atoms with Gasteiger partial charge in [0, 0.05) is 13.0 Å². The standard InChI is InChI=1S/C20H34N4O5/c1-5-6-7-8-11-16(25)22-17(13(2)3)18(26)21-14(4)19(27)24-12-9-10-15(23-24)20(28)29/h5,13-15,17,23H,1,6-12H2,2-4H3,(H,21,26)(H,22,25)(H,28,29). The third-order valence-electron chi connectivity index (χ3n) is 4.81. The molecular formula is C20H34N4O5. The SMILES string of the molecule is C=CCCCCC(=O)NC(C(=O)NC(C)C(=O)N1CCCC(C(=O)O)N1)C(C)C. The van der Waals surface area contributed by atoms with E-state index in [0.717, 1.165) is 12.8 Å². The Balaban J connectivity index is 2.60. The normalized spacial score (nSPS) is 18.6. The number of carbonyl (C=O) groups excluding carboxylic acids is 3. The lowest BCUT2D eigenvalue weighted by Crippen LogP contribution is -2.60. The molecule has 1 rings (SSSR count). The number of carboxylic acids is 1. The van der Waals surface area contributed by atoms with E-state index in [9.17, 15) is 19.2 Å². The zero-order chi connectivity index (χ0) is 22.0. The lowest BCUT2D eigenvalue weighted by molar-refractivity contribution is -0.148. The lowest BCUT2D eigenvalue weighted by atomic mass is 10.0. The molecule has 164 valence electrons. The molecule has 0 aromatic rings. The van der Waals surface area contributed by atoms with Crippen molar-refractivity contribution in [3.8, 4) is 0 Å². The van der Waals surface area contributed by atoms with Gasteiger partial charge in [-0.15, -0.1) is 6.58 Å². The van der Waals surface area contributed by atoms with Crippen molar-refractivity contribution in [2.24, 2.45) is 5.92 Å². The van der Waals surface area contributed by atoms with E-state index in [1.165, 1.54) is 5.01 Å². The molecule has 1 fully saturated rings. The monoisotopic (exact) mass is 410 g/mol. The first-order valence-corrected chi connectivity index (χ1v) is 10.2. The van der Waals surface area contributed by atoms with Crippen LogP contribution in [-0.2, 0) is 19.2 Å². The van der Waals surface area contributed by atoms with Gasteiger partial charge in [-0.1, -0.05) is 19.9 Å². The molecular weight excluding hydrogens is 376 g/mol. The molecule has 1 heterocycles. The topological polar surface area (TPSA) is 128 Å². The molecule has 0 saturated carbocycles. The van der Waals surface area contributed by atoms with Crippen LogP contribution < -0.4 is 16.1 Å². The first-order chi connectivity index (χ1) is 13.7. The van der Waals surface area contributed by atoms with Gasteiger partial charge < -0.3 is 15.7 Å². The van der Waals surface area contributed by atoms with Crippen molar-refractivity contribution in [3.05, 3.63) is 12.7 Å². The predicted molar refractivity (Wildman–Crippen MR) is 109 cm³/mol. The van der Waals surface area contributed by atoms with Gasteiger partial charge in [0.15, 0.2) is 0 Å². The van der Waals surface area contributed by atoms with Crippen LogP contribution in [0.2, 0.25) is 0 Å². The van der Waals surface area contributed by atoms with Gasteiger partial charge in [-0.25, -0.2) is 5.43 Å². The average Bonchev–Trinajstić information content (AvgIpc) is 2.68. The molecule has 3 unspecified atom stereocenters. The third-order valence-corrected chi connectivity index (χ3v) is 4.81. The molecule has 3 atom stereocenters. The minimum atomic E-state index is -1.02. The smallest absolute Gasteiger partial charge is 0.322 e. The van der Waals surface area contributed by atoms with E-state index in [2.05, 4.69) is 22.6 Å². The van der Waals surface area contributed by atoms with E-state index in [1.54, 1.807) is 13.0 Å². The highest BCUT2D eigenvalue weighted by atomic mass is 16.4. The summed E-state index contributed by atoms with van der Waals surface area (Å²) in [4.78, 5) is 48.5. The minimum absolute atomic E-state index is 0.154. The summed E-state index contributed by atoms with van der Waals surface area (Å²) in [7, 11) is 0. The van der Waals surface area contributed by atoms with Crippen molar-refractivity contribution < 1.29 is 24.3 Å². The number of rotatable bonds is 11. The van der Waals surface area contributed by atoms with E-state index in [4.69, 9.17) is 5.11 Å². The Morgan fingerprint density at radius 3 is 2.48 bits per heavy atom. The van der Waals surface area contributed by atoms with Gasteiger partial charge in [0.05, 0.1) is 0 Å². The van der Waals surface area contributed by atoms with Crippen molar-refractivity contribution in [2.45, 2.75) is 77.4 Å². The molecule has 4 N–H and O–H groups in total. The zero-order valence-electron chi connectivity index (χ0n) is 17.6. The van der Waals surface area contributed by atoms with Crippen LogP contribution in [-0.4, -0.2) is 58.5 Å². The van der Waals surface area contributed by atoms with Crippen LogP contribution in [0.3, 0.4) is 0 Å². The van der Waals surface area contributed by atoms with Crippen LogP contribution in [0.1, 0.15) is 59.3 Å². The highest BCUT2D eigenvalue weighted by Crippen LogP contribution is 2.10. The van der Waals surface area contributed by atoms with Gasteiger partial charge in [-0.2, -0.15) is 0 Å². The minimum Gasteiger partial charge on any atom is -0.480 e. The number of aliphatic carboxylic acids is 1. The maximum absolute atomic E-state index is 12.6. The van der Waals surface area contributed by atoms with E-state index in [0.29, 0.717) is 32.2 Å². The molecule has 1 aliphatic rings. The van der Waals surface area contributed by atoms with Crippen LogP contribution in [0, 0.1) is 5.92 Å². The summed E-state index contributed by atoms with van der Waals surface area (Å²) in [5, 5.41) is 15.7. The molecule has 1 aliphatic heterocycles. The van der Waals surface area contributed by atoms with Crippen molar-refractivity contribution in [1.82, 2.24) is 21.1 Å². The Bertz CT molecular complexity index is 608. The van der Waals surface area contributed by atoms with Gasteiger partial charge in [0.25, 0.3) is 5.91 Å². The quantitative estimate of drug-likeness (QED) is 0.297. The summed E-state index contributed by atoms with van der Waals surface area (Å²) in [5.41, 5.74) is 2.68. The van der Waals surface area contributed by atoms with Crippen molar-refractivity contribution >= 4 is 23.7 Å². The summed E-state index contributed by atoms with van der Waals surface area (Å²) in [5.74, 6) is -2.23. The van der Waals surface area contributed by atoms with Crippen LogP contribution in [0.5, 0.6) is 0 Å². The Morgan fingerprint density at radius 1 is 1.21 bits per heavy atom. The second-order valence-corrected chi connectivity index (χ2v) is 7.71. The predicted octanol–water partition coefficient (Wildman–Crippen LogP) is 0.959. The summed E-state index contributed by atoms with van der Waals surface area (Å²) in [6.07, 6.45) is 5.55. The fourth-order valence-electron chi connectivity index (χ4n) is 3.08. The van der Waals surface area contributed by atoms with Crippen molar-refractivity contribution in [1.29, 1.82) is 0 Å². The number of nitrogens with zero attached hydrogens (tertiary/aromatic N) is 1. The maximum atomic E-state index is 12.6. The lowest BCUT2D eigenvalue weighted by Gasteiger charge is -2.34. The highest BCUT2D eigenvalue weighted by Gasteiger charge is 2.32. The molecule has 0 aliphatic carbocycles. The van der Waals surface area contributed by atoms with E-state index < -0.39 is 35.9 Å². The van der Waals surface area contributed by atoms with Crippen molar-refractivity contribution in [2.75, 3.05) is 6.54 Å². The fourth-order valence-corrected chi connectivity index (χ4v) is 3.08. The fraction of sp³-hybridized carbons (Fsp3) is 0.700. The van der Waals surface area contributed by atoms with Crippen LogP contribution >= 0.6 is 0 Å². The van der Waals surface area contributed by atoms with E-state index in [-0.39, 0.29) is 11.8 Å². The summed E-state index contributed by atoms with van der Waals surface area (Å²) >= 11 is 0. The molecule has 9 heteroatoms. The summed E-state index contributed by atoms with van der Waals surface area (Å²) < 4.78 is 0. The molecule has 29 heavy (non-hydrogen) atoms. The molecule has 0 spiro atoms. The van der Waals surface area contributed by atoms with Crippen molar-refractivity contribution in [3.63, 3.8) is 0 Å². The molecule has 0 aromatic carbocycles. The van der Waals surface area contributed by atoms with E-state index >= 15 is 0 Å². The number of carbonyl (C=O) groups is 4. The van der Waals surface area contributed by atoms with E-state index in [1.807, 2.05) is 13.8 Å². The Labute approximate surface area is 172 Å². The number of amides is 3. The highest BCUT2D eigenvalue weighted by molar-refractivity contribution is 5.92. The molecule has 0 radical (unpaired) electrons.